The van der Waals surface area contributed by atoms with Gasteiger partial charge < -0.3 is 10.4 Å². The Kier molecular flexibility index (Phi) is 5.59. The van der Waals surface area contributed by atoms with Gasteiger partial charge in [-0.3, -0.25) is 4.79 Å². The predicted molar refractivity (Wildman–Crippen MR) is 92.1 cm³/mol. The number of carbonyl (C=O) groups is 2. The predicted octanol–water partition coefficient (Wildman–Crippen LogP) is 4.87. The van der Waals surface area contributed by atoms with Crippen molar-refractivity contribution < 1.29 is 19.1 Å². The van der Waals surface area contributed by atoms with Gasteiger partial charge in [-0.2, -0.15) is 0 Å². The van der Waals surface area contributed by atoms with Crippen molar-refractivity contribution in [3.63, 3.8) is 0 Å². The molecular weight excluding hydrogens is 356 g/mol. The van der Waals surface area contributed by atoms with Crippen LogP contribution in [-0.4, -0.2) is 17.0 Å². The molecule has 0 aromatic heterocycles. The van der Waals surface area contributed by atoms with Crippen molar-refractivity contribution in [2.45, 2.75) is 6.92 Å². The molecule has 0 unspecified atom stereocenters. The fourth-order valence-electron chi connectivity index (χ4n) is 1.99. The topological polar surface area (TPSA) is 66.4 Å². The summed E-state index contributed by atoms with van der Waals surface area (Å²) in [5, 5.41) is 12.2. The molecule has 2 rings (SSSR count). The zero-order valence-corrected chi connectivity index (χ0v) is 14.0. The second kappa shape index (κ2) is 7.47. The lowest BCUT2D eigenvalue weighted by molar-refractivity contribution is -0.111. The number of carboxylic acids is 1. The molecule has 0 atom stereocenters. The highest BCUT2D eigenvalue weighted by atomic mass is 35.5. The van der Waals surface area contributed by atoms with Crippen LogP contribution >= 0.6 is 23.2 Å². The van der Waals surface area contributed by atoms with Crippen LogP contribution in [0.2, 0.25) is 10.0 Å². The zero-order valence-electron chi connectivity index (χ0n) is 12.4. The first-order valence-corrected chi connectivity index (χ1v) is 7.51. The van der Waals surface area contributed by atoms with E-state index in [1.165, 1.54) is 12.1 Å². The van der Waals surface area contributed by atoms with Gasteiger partial charge in [-0.1, -0.05) is 29.3 Å². The number of aromatic carboxylic acids is 1. The molecule has 2 N–H and O–H groups in total. The van der Waals surface area contributed by atoms with Crippen LogP contribution in [0.4, 0.5) is 10.1 Å². The van der Waals surface area contributed by atoms with Crippen LogP contribution in [0.3, 0.4) is 0 Å². The van der Waals surface area contributed by atoms with Crippen LogP contribution in [0.15, 0.2) is 42.5 Å². The van der Waals surface area contributed by atoms with Crippen molar-refractivity contribution in [1.82, 2.24) is 0 Å². The summed E-state index contributed by atoms with van der Waals surface area (Å²) >= 11 is 11.8. The number of amides is 1. The van der Waals surface area contributed by atoms with Crippen LogP contribution < -0.4 is 5.32 Å². The lowest BCUT2D eigenvalue weighted by Gasteiger charge is -2.08. The summed E-state index contributed by atoms with van der Waals surface area (Å²) in [5.41, 5.74) is 0.971. The maximum atomic E-state index is 13.1. The lowest BCUT2D eigenvalue weighted by Crippen LogP contribution is -2.12. The maximum Gasteiger partial charge on any atom is 0.337 e. The van der Waals surface area contributed by atoms with E-state index in [9.17, 15) is 14.0 Å². The minimum absolute atomic E-state index is 0.00656. The SMILES string of the molecule is C/C(=C/C(=O)Nc1ccc(F)cc1C(=O)O)c1ccc(Cl)c(Cl)c1. The summed E-state index contributed by atoms with van der Waals surface area (Å²) < 4.78 is 13.1. The lowest BCUT2D eigenvalue weighted by atomic mass is 10.1. The van der Waals surface area contributed by atoms with Crippen LogP contribution in [0.5, 0.6) is 0 Å². The maximum absolute atomic E-state index is 13.1. The summed E-state index contributed by atoms with van der Waals surface area (Å²) in [6.07, 6.45) is 1.29. The Morgan fingerprint density at radius 2 is 1.83 bits per heavy atom. The van der Waals surface area contributed by atoms with Crippen molar-refractivity contribution in [3.05, 3.63) is 69.5 Å². The molecule has 0 saturated carbocycles. The zero-order chi connectivity index (χ0) is 17.9. The molecule has 0 heterocycles. The van der Waals surface area contributed by atoms with Gasteiger partial charge in [0, 0.05) is 6.08 Å². The fourth-order valence-corrected chi connectivity index (χ4v) is 2.29. The highest BCUT2D eigenvalue weighted by Gasteiger charge is 2.13. The number of benzene rings is 2. The van der Waals surface area contributed by atoms with Crippen LogP contribution in [0.25, 0.3) is 5.57 Å². The molecule has 2 aromatic rings. The Morgan fingerprint density at radius 1 is 1.12 bits per heavy atom. The van der Waals surface area contributed by atoms with Crippen molar-refractivity contribution in [2.75, 3.05) is 5.32 Å². The van der Waals surface area contributed by atoms with Gasteiger partial charge >= 0.3 is 5.97 Å². The third-order valence-electron chi connectivity index (χ3n) is 3.19. The summed E-state index contributed by atoms with van der Waals surface area (Å²) in [4.78, 5) is 23.2. The van der Waals surface area contributed by atoms with Gasteiger partial charge in [-0.25, -0.2) is 9.18 Å². The number of carboxylic acid groups (broad SMARTS) is 1. The van der Waals surface area contributed by atoms with Gasteiger partial charge in [0.25, 0.3) is 0 Å². The molecule has 24 heavy (non-hydrogen) atoms. The number of hydrogen-bond donors (Lipinski definition) is 2. The number of allylic oxidation sites excluding steroid dienone is 1. The van der Waals surface area contributed by atoms with E-state index in [-0.39, 0.29) is 11.3 Å². The van der Waals surface area contributed by atoms with Crippen LogP contribution in [0, 0.1) is 5.82 Å². The molecule has 2 aromatic carbocycles. The van der Waals surface area contributed by atoms with Gasteiger partial charge in [-0.05, 0) is 48.4 Å². The molecule has 0 bridgehead atoms. The molecule has 1 amide bonds. The molecule has 4 nitrogen and oxygen atoms in total. The Labute approximate surface area is 147 Å². The van der Waals surface area contributed by atoms with Gasteiger partial charge in [0.15, 0.2) is 0 Å². The standard InChI is InChI=1S/C17H12Cl2FNO3/c1-9(10-2-4-13(18)14(19)7-10)6-16(22)21-15-5-3-11(20)8-12(15)17(23)24/h2-8H,1H3,(H,21,22)(H,23,24)/b9-6-. The van der Waals surface area contributed by atoms with E-state index < -0.39 is 17.7 Å². The van der Waals surface area contributed by atoms with E-state index in [1.807, 2.05) is 0 Å². The monoisotopic (exact) mass is 367 g/mol. The van der Waals surface area contributed by atoms with E-state index in [2.05, 4.69) is 5.32 Å². The Bertz CT molecular complexity index is 850. The average molecular weight is 368 g/mol. The first-order valence-electron chi connectivity index (χ1n) is 6.75. The number of carbonyl (C=O) groups excluding carboxylic acids is 1. The van der Waals surface area contributed by atoms with Gasteiger partial charge in [-0.15, -0.1) is 0 Å². The minimum Gasteiger partial charge on any atom is -0.478 e. The molecule has 0 aliphatic carbocycles. The second-order valence-electron chi connectivity index (χ2n) is 4.94. The summed E-state index contributed by atoms with van der Waals surface area (Å²) in [5.74, 6) is -2.59. The summed E-state index contributed by atoms with van der Waals surface area (Å²) in [6.45, 7) is 1.70. The van der Waals surface area contributed by atoms with E-state index in [4.69, 9.17) is 28.3 Å². The quantitative estimate of drug-likeness (QED) is 0.757. The molecule has 0 spiro atoms. The van der Waals surface area contributed by atoms with Crippen molar-refractivity contribution in [1.29, 1.82) is 0 Å². The van der Waals surface area contributed by atoms with Gasteiger partial charge in [0.2, 0.25) is 5.91 Å². The average Bonchev–Trinajstić information content (AvgIpc) is 2.51. The van der Waals surface area contributed by atoms with Crippen molar-refractivity contribution >= 4 is 46.3 Å². The molecule has 7 heteroatoms. The Hall–Kier alpha value is -2.37. The fraction of sp³-hybridized carbons (Fsp3) is 0.0588. The highest BCUT2D eigenvalue weighted by Crippen LogP contribution is 2.26. The highest BCUT2D eigenvalue weighted by molar-refractivity contribution is 6.42. The number of rotatable bonds is 4. The van der Waals surface area contributed by atoms with Crippen LogP contribution in [-0.2, 0) is 4.79 Å². The number of anilines is 1. The third kappa shape index (κ3) is 4.34. The Morgan fingerprint density at radius 3 is 2.46 bits per heavy atom. The summed E-state index contributed by atoms with van der Waals surface area (Å²) in [6, 6.07) is 8.03. The minimum atomic E-state index is -1.34. The Balaban J connectivity index is 2.24. The van der Waals surface area contributed by atoms with E-state index >= 15 is 0 Å². The molecule has 0 aliphatic heterocycles. The molecule has 0 fully saturated rings. The first-order chi connectivity index (χ1) is 11.3. The van der Waals surface area contributed by atoms with Crippen molar-refractivity contribution in [2.24, 2.45) is 0 Å². The normalized spacial score (nSPS) is 11.2. The largest absolute Gasteiger partial charge is 0.478 e. The molecular formula is C17H12Cl2FNO3. The van der Waals surface area contributed by atoms with Crippen molar-refractivity contribution in [3.8, 4) is 0 Å². The number of halogens is 3. The van der Waals surface area contributed by atoms with Crippen LogP contribution in [0.1, 0.15) is 22.8 Å². The number of hydrogen-bond acceptors (Lipinski definition) is 2. The number of nitrogens with one attached hydrogen (secondary N) is 1. The van der Waals surface area contributed by atoms with E-state index in [0.29, 0.717) is 21.2 Å². The second-order valence-corrected chi connectivity index (χ2v) is 5.75. The van der Waals surface area contributed by atoms with Gasteiger partial charge in [0.1, 0.15) is 5.82 Å². The summed E-state index contributed by atoms with van der Waals surface area (Å²) in [7, 11) is 0. The smallest absolute Gasteiger partial charge is 0.337 e. The third-order valence-corrected chi connectivity index (χ3v) is 3.93. The van der Waals surface area contributed by atoms with E-state index in [0.717, 1.165) is 12.1 Å². The molecule has 0 aliphatic rings. The van der Waals surface area contributed by atoms with E-state index in [1.54, 1.807) is 25.1 Å². The molecule has 124 valence electrons. The molecule has 0 radical (unpaired) electrons. The first kappa shape index (κ1) is 18.0. The molecule has 0 saturated heterocycles. The van der Waals surface area contributed by atoms with Gasteiger partial charge in [0.05, 0.1) is 21.3 Å².